The Labute approximate surface area is 247 Å². The number of carbonyl (C=O) groups is 1. The van der Waals surface area contributed by atoms with Crippen LogP contribution < -0.4 is 5.32 Å². The molecule has 0 spiro atoms. The maximum Gasteiger partial charge on any atom is 0.407 e. The number of sulfonamides is 1. The van der Waals surface area contributed by atoms with Gasteiger partial charge in [0.2, 0.25) is 10.0 Å². The van der Waals surface area contributed by atoms with E-state index in [1.54, 1.807) is 0 Å². The molecule has 11 nitrogen and oxygen atoms in total. The molecule has 2 aliphatic heterocycles. The van der Waals surface area contributed by atoms with Crippen LogP contribution >= 0.6 is 0 Å². The molecule has 0 saturated carbocycles. The van der Waals surface area contributed by atoms with E-state index < -0.39 is 46.1 Å². The molecular formula is C30H39N3O8S. The third kappa shape index (κ3) is 8.20. The standard InChI is InChI=1S/C30H39N3O8S/c1-30(2,14-6-15-31)20-33(42(37,38)23-11-9-22(34)10-12-23)18-26(35)25(17-21-7-4-3-5-8-21)32-29(36)41-27-19-40-28-24(27)13-16-39-28/h3-5,7-12,24-28,34-35H,6,13-14,16-20H2,1-2H3,(H,32,36)/t24-,25-,26+,27?,28+/m0/s1. The zero-order valence-electron chi connectivity index (χ0n) is 23.9. The van der Waals surface area contributed by atoms with Crippen molar-refractivity contribution >= 4 is 16.1 Å². The lowest BCUT2D eigenvalue weighted by Crippen LogP contribution is -2.52. The number of aliphatic hydroxyl groups excluding tert-OH is 1. The summed E-state index contributed by atoms with van der Waals surface area (Å²) in [5.74, 6) is -0.140. The van der Waals surface area contributed by atoms with Crippen molar-refractivity contribution in [3.05, 3.63) is 60.2 Å². The van der Waals surface area contributed by atoms with Gasteiger partial charge in [0.05, 0.1) is 42.2 Å². The molecule has 228 valence electrons. The van der Waals surface area contributed by atoms with Crippen molar-refractivity contribution in [1.29, 1.82) is 5.26 Å². The number of nitriles is 1. The van der Waals surface area contributed by atoms with Crippen molar-refractivity contribution in [2.75, 3.05) is 26.3 Å². The lowest BCUT2D eigenvalue weighted by atomic mass is 9.88. The van der Waals surface area contributed by atoms with Crippen LogP contribution in [0.5, 0.6) is 5.75 Å². The average Bonchev–Trinajstić information content (AvgIpc) is 3.57. The molecule has 4 rings (SSSR count). The molecule has 0 aromatic heterocycles. The minimum Gasteiger partial charge on any atom is -0.508 e. The molecule has 2 aliphatic rings. The van der Waals surface area contributed by atoms with Crippen LogP contribution in [0.2, 0.25) is 0 Å². The van der Waals surface area contributed by atoms with Crippen LogP contribution in [-0.2, 0) is 30.7 Å². The van der Waals surface area contributed by atoms with Crippen LogP contribution in [0.1, 0.15) is 38.7 Å². The number of hydrogen-bond acceptors (Lipinski definition) is 9. The highest BCUT2D eigenvalue weighted by Crippen LogP contribution is 2.33. The molecule has 2 saturated heterocycles. The number of fused-ring (bicyclic) bond motifs is 1. The number of ether oxygens (including phenoxy) is 3. The first-order valence-corrected chi connectivity index (χ1v) is 15.5. The molecule has 1 amide bonds. The van der Waals surface area contributed by atoms with Gasteiger partial charge in [0, 0.05) is 19.5 Å². The van der Waals surface area contributed by atoms with Gasteiger partial charge < -0.3 is 29.7 Å². The molecule has 1 unspecified atom stereocenters. The number of amides is 1. The summed E-state index contributed by atoms with van der Waals surface area (Å²) in [6, 6.07) is 15.6. The number of rotatable bonds is 13. The van der Waals surface area contributed by atoms with E-state index in [1.807, 2.05) is 44.2 Å². The first kappa shape index (κ1) is 31.7. The number of nitrogens with zero attached hydrogens (tertiary/aromatic N) is 2. The molecule has 2 heterocycles. The fourth-order valence-electron chi connectivity index (χ4n) is 5.32. The molecule has 5 atom stereocenters. The largest absolute Gasteiger partial charge is 0.508 e. The second kappa shape index (κ2) is 13.8. The van der Waals surface area contributed by atoms with Gasteiger partial charge in [0.15, 0.2) is 6.29 Å². The van der Waals surface area contributed by atoms with Crippen LogP contribution in [0.25, 0.3) is 0 Å². The Hall–Kier alpha value is -3.21. The Balaban J connectivity index is 1.56. The SMILES string of the molecule is CC(C)(CCC#N)CN(C[C@@H](O)[C@H](Cc1ccccc1)NC(=O)OC1CO[C@H]2OCC[C@@H]12)S(=O)(=O)c1ccc(O)cc1. The summed E-state index contributed by atoms with van der Waals surface area (Å²) in [5, 5.41) is 33.1. The number of aliphatic hydroxyl groups is 1. The normalized spacial score (nSPS) is 21.8. The Morgan fingerprint density at radius 3 is 2.60 bits per heavy atom. The first-order valence-electron chi connectivity index (χ1n) is 14.1. The number of phenolic OH excluding ortho intramolecular Hbond substituents is 1. The van der Waals surface area contributed by atoms with Gasteiger partial charge in [-0.2, -0.15) is 9.57 Å². The van der Waals surface area contributed by atoms with Gasteiger partial charge in [-0.15, -0.1) is 0 Å². The van der Waals surface area contributed by atoms with Gasteiger partial charge in [-0.3, -0.25) is 0 Å². The number of nitrogens with one attached hydrogen (secondary N) is 1. The quantitative estimate of drug-likeness (QED) is 0.314. The summed E-state index contributed by atoms with van der Waals surface area (Å²) in [6.45, 7) is 4.14. The number of benzene rings is 2. The molecule has 0 radical (unpaired) electrons. The second-order valence-corrected chi connectivity index (χ2v) is 13.5. The van der Waals surface area contributed by atoms with E-state index in [9.17, 15) is 23.4 Å². The maximum absolute atomic E-state index is 13.8. The van der Waals surface area contributed by atoms with Crippen molar-refractivity contribution in [3.63, 3.8) is 0 Å². The van der Waals surface area contributed by atoms with Crippen molar-refractivity contribution in [2.45, 2.75) is 69.0 Å². The lowest BCUT2D eigenvalue weighted by Gasteiger charge is -2.34. The molecule has 0 bridgehead atoms. The Morgan fingerprint density at radius 2 is 1.90 bits per heavy atom. The molecule has 2 aromatic rings. The Morgan fingerprint density at radius 1 is 1.19 bits per heavy atom. The van der Waals surface area contributed by atoms with Gasteiger partial charge in [-0.25, -0.2) is 13.2 Å². The topological polar surface area (TPSA) is 158 Å². The minimum absolute atomic E-state index is 0.0138. The highest BCUT2D eigenvalue weighted by atomic mass is 32.2. The summed E-state index contributed by atoms with van der Waals surface area (Å²) >= 11 is 0. The number of carbonyl (C=O) groups excluding carboxylic acids is 1. The van der Waals surface area contributed by atoms with Gasteiger partial charge in [-0.1, -0.05) is 44.2 Å². The van der Waals surface area contributed by atoms with Gasteiger partial charge in [0.1, 0.15) is 11.9 Å². The predicted molar refractivity (Wildman–Crippen MR) is 153 cm³/mol. The monoisotopic (exact) mass is 601 g/mol. The van der Waals surface area contributed by atoms with Crippen LogP contribution in [0, 0.1) is 22.7 Å². The van der Waals surface area contributed by atoms with Crippen LogP contribution in [0.4, 0.5) is 4.79 Å². The van der Waals surface area contributed by atoms with Crippen LogP contribution in [0.15, 0.2) is 59.5 Å². The number of alkyl carbamates (subject to hydrolysis) is 1. The number of phenols is 1. The van der Waals surface area contributed by atoms with E-state index in [0.29, 0.717) is 19.4 Å². The predicted octanol–water partition coefficient (Wildman–Crippen LogP) is 3.17. The Bertz CT molecular complexity index is 1330. The van der Waals surface area contributed by atoms with Crippen molar-refractivity contribution in [3.8, 4) is 11.8 Å². The van der Waals surface area contributed by atoms with Gasteiger partial charge in [0.25, 0.3) is 0 Å². The highest BCUT2D eigenvalue weighted by Gasteiger charge is 2.44. The van der Waals surface area contributed by atoms with Crippen molar-refractivity contribution in [1.82, 2.24) is 9.62 Å². The van der Waals surface area contributed by atoms with E-state index in [1.165, 1.54) is 28.6 Å². The fraction of sp³-hybridized carbons (Fsp3) is 0.533. The van der Waals surface area contributed by atoms with E-state index >= 15 is 0 Å². The minimum atomic E-state index is -4.13. The summed E-state index contributed by atoms with van der Waals surface area (Å²) in [7, 11) is -4.13. The van der Waals surface area contributed by atoms with E-state index in [2.05, 4.69) is 11.4 Å². The third-order valence-corrected chi connectivity index (χ3v) is 9.52. The number of aromatic hydroxyl groups is 1. The number of hydrogen-bond donors (Lipinski definition) is 3. The molecule has 0 aliphatic carbocycles. The second-order valence-electron chi connectivity index (χ2n) is 11.6. The molecule has 12 heteroatoms. The summed E-state index contributed by atoms with van der Waals surface area (Å²) in [6.07, 6.45) is -1.32. The third-order valence-electron chi connectivity index (χ3n) is 7.69. The molecule has 2 fully saturated rings. The first-order chi connectivity index (χ1) is 20.0. The van der Waals surface area contributed by atoms with E-state index in [4.69, 9.17) is 19.5 Å². The zero-order valence-corrected chi connectivity index (χ0v) is 24.7. The highest BCUT2D eigenvalue weighted by molar-refractivity contribution is 7.89. The van der Waals surface area contributed by atoms with Crippen LogP contribution in [0.3, 0.4) is 0 Å². The summed E-state index contributed by atoms with van der Waals surface area (Å²) < 4.78 is 45.5. The van der Waals surface area contributed by atoms with Crippen molar-refractivity contribution in [2.24, 2.45) is 11.3 Å². The Kier molecular flexibility index (Phi) is 10.5. The zero-order chi connectivity index (χ0) is 30.3. The van der Waals surface area contributed by atoms with Gasteiger partial charge >= 0.3 is 6.09 Å². The van der Waals surface area contributed by atoms with E-state index in [-0.39, 0.29) is 49.1 Å². The summed E-state index contributed by atoms with van der Waals surface area (Å²) in [5.41, 5.74) is 0.237. The van der Waals surface area contributed by atoms with Gasteiger partial charge in [-0.05, 0) is 54.5 Å². The molecule has 2 aromatic carbocycles. The average molecular weight is 602 g/mol. The molecule has 3 N–H and O–H groups in total. The molecular weight excluding hydrogens is 562 g/mol. The summed E-state index contributed by atoms with van der Waals surface area (Å²) in [4.78, 5) is 13.0. The smallest absolute Gasteiger partial charge is 0.407 e. The lowest BCUT2D eigenvalue weighted by molar-refractivity contribution is -0.0907. The fourth-order valence-corrected chi connectivity index (χ4v) is 6.97. The van der Waals surface area contributed by atoms with E-state index in [0.717, 1.165) is 5.56 Å². The van der Waals surface area contributed by atoms with Crippen LogP contribution in [-0.4, -0.2) is 79.9 Å². The van der Waals surface area contributed by atoms with Crippen molar-refractivity contribution < 1.29 is 37.6 Å². The maximum atomic E-state index is 13.8. The molecule has 42 heavy (non-hydrogen) atoms.